The van der Waals surface area contributed by atoms with Crippen LogP contribution in [0.5, 0.6) is 11.5 Å². The molecule has 66 valence electrons. The number of ether oxygens (including phenoxy) is 1. The van der Waals surface area contributed by atoms with Gasteiger partial charge < -0.3 is 14.8 Å². The second-order valence-electron chi connectivity index (χ2n) is 2.60. The summed E-state index contributed by atoms with van der Waals surface area (Å²) in [6, 6.07) is 4.93. The smallest absolute Gasteiger partial charge is 0.298 e. The van der Waals surface area contributed by atoms with E-state index in [9.17, 15) is 9.90 Å². The van der Waals surface area contributed by atoms with E-state index in [-0.39, 0.29) is 18.0 Å². The molecule has 0 saturated carbocycles. The Labute approximate surface area is 73.8 Å². The zero-order valence-electron chi connectivity index (χ0n) is 6.65. The molecule has 0 atom stereocenters. The summed E-state index contributed by atoms with van der Waals surface area (Å²) in [5.74, 6) is 0.115. The Kier molecular flexibility index (Phi) is 1.66. The van der Waals surface area contributed by atoms with Gasteiger partial charge in [-0.2, -0.15) is 0 Å². The van der Waals surface area contributed by atoms with Gasteiger partial charge in [-0.05, 0) is 12.1 Å². The minimum absolute atomic E-state index is 0.0537. The number of hydrogen-bond donors (Lipinski definition) is 2. The van der Waals surface area contributed by atoms with Crippen LogP contribution in [0.15, 0.2) is 24.4 Å². The summed E-state index contributed by atoms with van der Waals surface area (Å²) in [5, 5.41) is 10.2. The maximum Gasteiger partial charge on any atom is 0.298 e. The van der Waals surface area contributed by atoms with E-state index in [1.54, 1.807) is 12.3 Å². The topological polar surface area (TPSA) is 62.3 Å². The Morgan fingerprint density at radius 3 is 3.08 bits per heavy atom. The second-order valence-corrected chi connectivity index (χ2v) is 2.60. The van der Waals surface area contributed by atoms with E-state index < -0.39 is 0 Å². The largest absolute Gasteiger partial charge is 0.504 e. The van der Waals surface area contributed by atoms with Crippen LogP contribution >= 0.6 is 0 Å². The van der Waals surface area contributed by atoms with Gasteiger partial charge in [-0.15, -0.1) is 0 Å². The molecule has 0 radical (unpaired) electrons. The number of hydrogen-bond acceptors (Lipinski definition) is 3. The zero-order valence-corrected chi connectivity index (χ0v) is 6.65. The first-order valence-electron chi connectivity index (χ1n) is 3.71. The standard InChI is InChI=1S/C9H7NO3/c11-5-13-9-3-6-1-2-10-7(6)4-8(9)12/h1-5,10,12H. The average Bonchev–Trinajstić information content (AvgIpc) is 2.52. The summed E-state index contributed by atoms with van der Waals surface area (Å²) in [7, 11) is 0. The van der Waals surface area contributed by atoms with E-state index in [1.165, 1.54) is 6.07 Å². The lowest BCUT2D eigenvalue weighted by Crippen LogP contribution is -1.88. The summed E-state index contributed by atoms with van der Waals surface area (Å²) in [6.45, 7) is 0.285. The van der Waals surface area contributed by atoms with Crippen LogP contribution in [-0.2, 0) is 4.79 Å². The van der Waals surface area contributed by atoms with Crippen molar-refractivity contribution in [2.45, 2.75) is 0 Å². The van der Waals surface area contributed by atoms with Gasteiger partial charge in [0.1, 0.15) is 0 Å². The van der Waals surface area contributed by atoms with Crippen molar-refractivity contribution >= 4 is 17.4 Å². The number of aromatic nitrogens is 1. The lowest BCUT2D eigenvalue weighted by Gasteiger charge is -2.00. The number of fused-ring (bicyclic) bond motifs is 1. The Morgan fingerprint density at radius 1 is 1.46 bits per heavy atom. The highest BCUT2D eigenvalue weighted by Gasteiger charge is 2.04. The van der Waals surface area contributed by atoms with E-state index in [0.29, 0.717) is 0 Å². The Hall–Kier alpha value is -1.97. The highest BCUT2D eigenvalue weighted by atomic mass is 16.5. The van der Waals surface area contributed by atoms with E-state index in [0.717, 1.165) is 10.9 Å². The Morgan fingerprint density at radius 2 is 2.31 bits per heavy atom. The SMILES string of the molecule is O=COc1cc2cc[nH]c2cc1O. The third-order valence-corrected chi connectivity index (χ3v) is 1.81. The van der Waals surface area contributed by atoms with Crippen LogP contribution in [0.4, 0.5) is 0 Å². The minimum Gasteiger partial charge on any atom is -0.504 e. The van der Waals surface area contributed by atoms with Gasteiger partial charge in [-0.3, -0.25) is 4.79 Å². The van der Waals surface area contributed by atoms with Gasteiger partial charge in [-0.1, -0.05) is 0 Å². The van der Waals surface area contributed by atoms with Crippen molar-refractivity contribution in [3.63, 3.8) is 0 Å². The molecule has 2 aromatic rings. The van der Waals surface area contributed by atoms with Gasteiger partial charge in [-0.25, -0.2) is 0 Å². The summed E-state index contributed by atoms with van der Waals surface area (Å²) < 4.78 is 4.57. The molecule has 2 rings (SSSR count). The van der Waals surface area contributed by atoms with Crippen molar-refractivity contribution < 1.29 is 14.6 Å². The number of aromatic amines is 1. The molecule has 0 saturated heterocycles. The third-order valence-electron chi connectivity index (χ3n) is 1.81. The number of phenols is 1. The van der Waals surface area contributed by atoms with Crippen LogP contribution in [0.25, 0.3) is 10.9 Å². The zero-order chi connectivity index (χ0) is 9.26. The number of rotatable bonds is 2. The monoisotopic (exact) mass is 177 g/mol. The number of carbonyl (C=O) groups excluding carboxylic acids is 1. The highest BCUT2D eigenvalue weighted by molar-refractivity contribution is 5.83. The van der Waals surface area contributed by atoms with Gasteiger partial charge in [0.2, 0.25) is 0 Å². The predicted octanol–water partition coefficient (Wildman–Crippen LogP) is 1.41. The molecule has 0 aliphatic carbocycles. The molecule has 0 aliphatic heterocycles. The molecule has 2 N–H and O–H groups in total. The Balaban J connectivity index is 2.62. The van der Waals surface area contributed by atoms with Crippen molar-refractivity contribution in [3.8, 4) is 11.5 Å². The Bertz CT molecular complexity index is 447. The van der Waals surface area contributed by atoms with Crippen molar-refractivity contribution in [1.82, 2.24) is 4.98 Å². The third kappa shape index (κ3) is 1.22. The minimum atomic E-state index is -0.0537. The van der Waals surface area contributed by atoms with Gasteiger partial charge in [0, 0.05) is 23.2 Å². The number of aromatic hydroxyl groups is 1. The molecule has 1 aromatic heterocycles. The summed E-state index contributed by atoms with van der Waals surface area (Å²) >= 11 is 0. The van der Waals surface area contributed by atoms with Crippen LogP contribution in [0.2, 0.25) is 0 Å². The second kappa shape index (κ2) is 2.82. The molecule has 0 fully saturated rings. The van der Waals surface area contributed by atoms with Crippen LogP contribution in [-0.4, -0.2) is 16.6 Å². The molecule has 1 heterocycles. The van der Waals surface area contributed by atoms with Gasteiger partial charge in [0.15, 0.2) is 11.5 Å². The van der Waals surface area contributed by atoms with E-state index in [2.05, 4.69) is 9.72 Å². The van der Waals surface area contributed by atoms with Crippen molar-refractivity contribution in [2.75, 3.05) is 0 Å². The fourth-order valence-corrected chi connectivity index (χ4v) is 1.21. The fourth-order valence-electron chi connectivity index (χ4n) is 1.21. The summed E-state index contributed by atoms with van der Waals surface area (Å²) in [5.41, 5.74) is 0.802. The van der Waals surface area contributed by atoms with Gasteiger partial charge in [0.25, 0.3) is 6.47 Å². The lowest BCUT2D eigenvalue weighted by atomic mass is 10.2. The molecule has 13 heavy (non-hydrogen) atoms. The number of phenolic OH excluding ortho intramolecular Hbond substituents is 1. The number of carbonyl (C=O) groups is 1. The van der Waals surface area contributed by atoms with Crippen molar-refractivity contribution in [3.05, 3.63) is 24.4 Å². The quantitative estimate of drug-likeness (QED) is 0.681. The molecule has 4 nitrogen and oxygen atoms in total. The normalized spacial score (nSPS) is 10.2. The molecule has 4 heteroatoms. The van der Waals surface area contributed by atoms with Gasteiger partial charge in [0.05, 0.1) is 0 Å². The molecule has 0 amide bonds. The van der Waals surface area contributed by atoms with Crippen molar-refractivity contribution in [1.29, 1.82) is 0 Å². The van der Waals surface area contributed by atoms with E-state index in [4.69, 9.17) is 0 Å². The number of nitrogens with one attached hydrogen (secondary N) is 1. The van der Waals surface area contributed by atoms with Crippen LogP contribution in [0.1, 0.15) is 0 Å². The highest BCUT2D eigenvalue weighted by Crippen LogP contribution is 2.30. The summed E-state index contributed by atoms with van der Waals surface area (Å²) in [6.07, 6.45) is 1.74. The van der Waals surface area contributed by atoms with Crippen molar-refractivity contribution in [2.24, 2.45) is 0 Å². The maximum atomic E-state index is 10.1. The lowest BCUT2D eigenvalue weighted by molar-refractivity contribution is -0.120. The predicted molar refractivity (Wildman–Crippen MR) is 46.7 cm³/mol. The fraction of sp³-hybridized carbons (Fsp3) is 0. The van der Waals surface area contributed by atoms with Gasteiger partial charge >= 0.3 is 0 Å². The first-order chi connectivity index (χ1) is 6.31. The molecular formula is C9H7NO3. The molecule has 0 bridgehead atoms. The number of benzene rings is 1. The van der Waals surface area contributed by atoms with Crippen LogP contribution in [0, 0.1) is 0 Å². The van der Waals surface area contributed by atoms with Crippen LogP contribution < -0.4 is 4.74 Å². The van der Waals surface area contributed by atoms with Crippen LogP contribution in [0.3, 0.4) is 0 Å². The van der Waals surface area contributed by atoms with E-state index >= 15 is 0 Å². The molecular weight excluding hydrogens is 170 g/mol. The molecule has 1 aromatic carbocycles. The summed E-state index contributed by atoms with van der Waals surface area (Å²) in [4.78, 5) is 13.0. The van der Waals surface area contributed by atoms with E-state index in [1.807, 2.05) is 6.07 Å². The molecule has 0 spiro atoms. The first kappa shape index (κ1) is 7.67. The average molecular weight is 177 g/mol. The molecule has 0 unspecified atom stereocenters. The first-order valence-corrected chi connectivity index (χ1v) is 3.71. The maximum absolute atomic E-state index is 10.1. The molecule has 0 aliphatic rings. The number of H-pyrrole nitrogens is 1.